The molecule has 2 unspecified atom stereocenters. The van der Waals surface area contributed by atoms with Crippen molar-refractivity contribution in [2.75, 3.05) is 53.2 Å². The fraction of sp³-hybridized carbons (Fsp3) is 0.909. The third kappa shape index (κ3) is 12.9. The van der Waals surface area contributed by atoms with E-state index in [1.165, 1.54) is 19.3 Å². The Hall–Kier alpha value is -0.420. The average molecular weight is 372 g/mol. The first kappa shape index (κ1) is 25.6. The van der Waals surface area contributed by atoms with Crippen molar-refractivity contribution in [3.05, 3.63) is 12.7 Å². The number of rotatable bonds is 10. The molecule has 1 saturated heterocycles. The molecule has 2 atom stereocenters. The summed E-state index contributed by atoms with van der Waals surface area (Å²) < 4.78 is 17.2. The van der Waals surface area contributed by atoms with Crippen LogP contribution in [0.4, 0.5) is 0 Å². The third-order valence-electron chi connectivity index (χ3n) is 4.93. The minimum atomic E-state index is 0.214. The predicted molar refractivity (Wildman–Crippen MR) is 112 cm³/mol. The van der Waals surface area contributed by atoms with Crippen molar-refractivity contribution >= 4 is 0 Å². The minimum absolute atomic E-state index is 0.214. The molecule has 0 radical (unpaired) electrons. The molecule has 0 aromatic carbocycles. The van der Waals surface area contributed by atoms with E-state index in [4.69, 9.17) is 14.2 Å². The summed E-state index contributed by atoms with van der Waals surface area (Å²) in [6.07, 6.45) is 7.89. The first-order chi connectivity index (χ1) is 12.7. The zero-order valence-corrected chi connectivity index (χ0v) is 18.2. The first-order valence-electron chi connectivity index (χ1n) is 10.7. The molecule has 156 valence electrons. The number of hydrogen-bond acceptors (Lipinski definition) is 4. The third-order valence-corrected chi connectivity index (χ3v) is 4.93. The van der Waals surface area contributed by atoms with Gasteiger partial charge in [-0.05, 0) is 43.9 Å². The van der Waals surface area contributed by atoms with Crippen molar-refractivity contribution in [2.45, 2.75) is 65.9 Å². The molecule has 1 fully saturated rings. The summed E-state index contributed by atoms with van der Waals surface area (Å²) in [6, 6.07) is 0. The summed E-state index contributed by atoms with van der Waals surface area (Å²) in [5.41, 5.74) is 0. The molecule has 4 nitrogen and oxygen atoms in total. The lowest BCUT2D eigenvalue weighted by molar-refractivity contribution is -0.0379. The van der Waals surface area contributed by atoms with Gasteiger partial charge < -0.3 is 14.2 Å². The summed E-state index contributed by atoms with van der Waals surface area (Å²) >= 11 is 0. The molecule has 1 aliphatic rings. The average Bonchev–Trinajstić information content (AvgIpc) is 2.65. The smallest absolute Gasteiger partial charge is 0.0820 e. The Morgan fingerprint density at radius 3 is 2.62 bits per heavy atom. The molecule has 1 aliphatic heterocycles. The van der Waals surface area contributed by atoms with Gasteiger partial charge in [-0.2, -0.15) is 0 Å². The van der Waals surface area contributed by atoms with Gasteiger partial charge in [-0.25, -0.2) is 0 Å². The number of methoxy groups -OCH3 is 1. The molecule has 0 saturated carbocycles. The second kappa shape index (κ2) is 18.0. The molecule has 0 aromatic rings. The van der Waals surface area contributed by atoms with Crippen molar-refractivity contribution in [3.8, 4) is 0 Å². The van der Waals surface area contributed by atoms with Crippen molar-refractivity contribution in [1.29, 1.82) is 0 Å². The van der Waals surface area contributed by atoms with Gasteiger partial charge in [0, 0.05) is 46.6 Å². The predicted octanol–water partition coefficient (Wildman–Crippen LogP) is 4.79. The monoisotopic (exact) mass is 371 g/mol. The van der Waals surface area contributed by atoms with Gasteiger partial charge >= 0.3 is 0 Å². The highest BCUT2D eigenvalue weighted by Gasteiger charge is 2.18. The van der Waals surface area contributed by atoms with E-state index in [0.29, 0.717) is 0 Å². The highest BCUT2D eigenvalue weighted by atomic mass is 16.5. The highest BCUT2D eigenvalue weighted by Crippen LogP contribution is 2.22. The van der Waals surface area contributed by atoms with Gasteiger partial charge in [-0.3, -0.25) is 4.90 Å². The van der Waals surface area contributed by atoms with Crippen LogP contribution in [0.15, 0.2) is 12.7 Å². The van der Waals surface area contributed by atoms with Gasteiger partial charge in [-0.1, -0.05) is 33.8 Å². The highest BCUT2D eigenvalue weighted by molar-refractivity contribution is 4.75. The van der Waals surface area contributed by atoms with Crippen molar-refractivity contribution in [1.82, 2.24) is 4.90 Å². The van der Waals surface area contributed by atoms with Crippen molar-refractivity contribution in [3.63, 3.8) is 0 Å². The Morgan fingerprint density at radius 1 is 1.19 bits per heavy atom. The van der Waals surface area contributed by atoms with Crippen LogP contribution < -0.4 is 0 Å². The largest absolute Gasteiger partial charge is 0.385 e. The van der Waals surface area contributed by atoms with Crippen molar-refractivity contribution < 1.29 is 14.2 Å². The van der Waals surface area contributed by atoms with E-state index >= 15 is 0 Å². The Labute approximate surface area is 163 Å². The minimum Gasteiger partial charge on any atom is -0.385 e. The molecule has 0 bridgehead atoms. The summed E-state index contributed by atoms with van der Waals surface area (Å²) in [6.45, 7) is 18.8. The van der Waals surface area contributed by atoms with Gasteiger partial charge in [0.2, 0.25) is 0 Å². The van der Waals surface area contributed by atoms with Crippen LogP contribution in [0, 0.1) is 11.8 Å². The summed E-state index contributed by atoms with van der Waals surface area (Å²) in [4.78, 5) is 2.42. The molecule has 26 heavy (non-hydrogen) atoms. The molecule has 0 aliphatic carbocycles. The van der Waals surface area contributed by atoms with Crippen LogP contribution >= 0.6 is 0 Å². The van der Waals surface area contributed by atoms with E-state index in [9.17, 15) is 0 Å². The van der Waals surface area contributed by atoms with Crippen LogP contribution in [-0.2, 0) is 14.2 Å². The van der Waals surface area contributed by atoms with Gasteiger partial charge in [-0.15, -0.1) is 6.58 Å². The molecule has 0 N–H and O–H groups in total. The van der Waals surface area contributed by atoms with E-state index in [2.05, 4.69) is 25.3 Å². The van der Waals surface area contributed by atoms with Gasteiger partial charge in [0.05, 0.1) is 12.7 Å². The van der Waals surface area contributed by atoms with Crippen LogP contribution in [0.3, 0.4) is 0 Å². The molecule has 4 heteroatoms. The zero-order valence-electron chi connectivity index (χ0n) is 18.2. The Morgan fingerprint density at radius 2 is 1.96 bits per heavy atom. The summed E-state index contributed by atoms with van der Waals surface area (Å²) in [5, 5.41) is 0. The van der Waals surface area contributed by atoms with E-state index in [-0.39, 0.29) is 6.10 Å². The number of nitrogens with zero attached hydrogens (tertiary/aromatic N) is 1. The molecule has 0 amide bonds. The molecule has 0 aromatic heterocycles. The molecular formula is C22H45NO3. The summed E-state index contributed by atoms with van der Waals surface area (Å²) in [7, 11) is 1.76. The van der Waals surface area contributed by atoms with Crippen LogP contribution in [0.5, 0.6) is 0 Å². The zero-order chi connectivity index (χ0) is 19.6. The summed E-state index contributed by atoms with van der Waals surface area (Å²) in [5.74, 6) is 1.49. The maximum Gasteiger partial charge on any atom is 0.0820 e. The van der Waals surface area contributed by atoms with E-state index in [0.717, 1.165) is 70.7 Å². The van der Waals surface area contributed by atoms with Crippen LogP contribution in [0.1, 0.15) is 59.8 Å². The molecule has 0 spiro atoms. The second-order valence-electron chi connectivity index (χ2n) is 7.23. The first-order valence-corrected chi connectivity index (χ1v) is 10.7. The van der Waals surface area contributed by atoms with Crippen molar-refractivity contribution in [2.24, 2.45) is 11.8 Å². The fourth-order valence-electron chi connectivity index (χ4n) is 3.31. The molecule has 1 rings (SSSR count). The van der Waals surface area contributed by atoms with E-state index in [1.807, 2.05) is 19.9 Å². The quantitative estimate of drug-likeness (QED) is 0.408. The second-order valence-corrected chi connectivity index (χ2v) is 7.23. The Bertz CT molecular complexity index is 310. The van der Waals surface area contributed by atoms with E-state index in [1.54, 1.807) is 7.11 Å². The lowest BCUT2D eigenvalue weighted by atomic mass is 9.88. The maximum absolute atomic E-state index is 6.15. The van der Waals surface area contributed by atoms with Gasteiger partial charge in [0.25, 0.3) is 0 Å². The normalized spacial score (nSPS) is 22.0. The standard InChI is InChI=1S/C20H39NO3.C2H6/c1-5-11-21(12-7-14-22-4)13-9-20-17-23-15-6-8-19(18(2)3)10-16-24-20;1-2/h5,18-20H,1,6-17H2,2-4H3;1-2H3. The van der Waals surface area contributed by atoms with Gasteiger partial charge in [0.1, 0.15) is 0 Å². The topological polar surface area (TPSA) is 30.9 Å². The molecule has 1 heterocycles. The lowest BCUT2D eigenvalue weighted by Crippen LogP contribution is -2.32. The van der Waals surface area contributed by atoms with Gasteiger partial charge in [0.15, 0.2) is 0 Å². The molecular weight excluding hydrogens is 326 g/mol. The van der Waals surface area contributed by atoms with Crippen LogP contribution in [0.2, 0.25) is 0 Å². The SMILES string of the molecule is C=CCN(CCCOC)CCC1COCCCC(C(C)C)CCO1.CC. The maximum atomic E-state index is 6.15. The number of ether oxygens (including phenoxy) is 3. The Kier molecular flexibility index (Phi) is 17.7. The lowest BCUT2D eigenvalue weighted by Gasteiger charge is -2.27. The Balaban J connectivity index is 0.00000301. The number of hydrogen-bond donors (Lipinski definition) is 0. The van der Waals surface area contributed by atoms with E-state index < -0.39 is 0 Å². The van der Waals surface area contributed by atoms with Crippen LogP contribution in [0.25, 0.3) is 0 Å². The van der Waals surface area contributed by atoms with Crippen LogP contribution in [-0.4, -0.2) is 64.2 Å². The fourth-order valence-corrected chi connectivity index (χ4v) is 3.31.